The molecule has 21 heavy (non-hydrogen) atoms. The van der Waals surface area contributed by atoms with Gasteiger partial charge in [-0.25, -0.2) is 0 Å². The molecule has 3 nitrogen and oxygen atoms in total. The summed E-state index contributed by atoms with van der Waals surface area (Å²) in [5.74, 6) is -0.159. The Bertz CT molecular complexity index is 485. The molecule has 1 aromatic carbocycles. The third-order valence-electron chi connectivity index (χ3n) is 3.78. The van der Waals surface area contributed by atoms with Crippen LogP contribution in [0.5, 0.6) is 5.75 Å². The van der Waals surface area contributed by atoms with Crippen molar-refractivity contribution < 1.29 is 22.7 Å². The molecule has 1 aromatic rings. The molecule has 0 unspecified atom stereocenters. The van der Waals surface area contributed by atoms with Crippen LogP contribution in [0.3, 0.4) is 0 Å². The van der Waals surface area contributed by atoms with Crippen molar-refractivity contribution in [1.82, 2.24) is 5.32 Å². The second-order valence-corrected chi connectivity index (χ2v) is 5.41. The van der Waals surface area contributed by atoms with Crippen LogP contribution in [0, 0.1) is 5.92 Å². The number of amides is 1. The van der Waals surface area contributed by atoms with Gasteiger partial charge in [-0.2, -0.15) is 0 Å². The van der Waals surface area contributed by atoms with E-state index in [1.807, 2.05) is 0 Å². The molecule has 1 aliphatic carbocycles. The maximum atomic E-state index is 12.1. The van der Waals surface area contributed by atoms with Crippen LogP contribution in [-0.4, -0.2) is 18.3 Å². The number of alkyl halides is 3. The second kappa shape index (κ2) is 6.37. The summed E-state index contributed by atoms with van der Waals surface area (Å²) in [6.45, 7) is 2.10. The lowest BCUT2D eigenvalue weighted by Gasteiger charge is -2.29. The minimum atomic E-state index is -4.72. The van der Waals surface area contributed by atoms with E-state index in [1.165, 1.54) is 18.6 Å². The van der Waals surface area contributed by atoms with Gasteiger partial charge in [-0.15, -0.1) is 13.2 Å². The van der Waals surface area contributed by atoms with Crippen LogP contribution < -0.4 is 10.1 Å². The number of benzene rings is 1. The van der Waals surface area contributed by atoms with Gasteiger partial charge in [-0.3, -0.25) is 4.79 Å². The molecule has 0 radical (unpaired) electrons. The normalized spacial score (nSPS) is 22.7. The molecule has 116 valence electrons. The minimum absolute atomic E-state index is 0.136. The van der Waals surface area contributed by atoms with Crippen LogP contribution in [0.25, 0.3) is 0 Å². The Morgan fingerprint density at radius 2 is 1.81 bits per heavy atom. The highest BCUT2D eigenvalue weighted by atomic mass is 19.4. The highest BCUT2D eigenvalue weighted by molar-refractivity contribution is 5.94. The highest BCUT2D eigenvalue weighted by Gasteiger charge is 2.31. The summed E-state index contributed by atoms with van der Waals surface area (Å²) in [6.07, 6.45) is -0.419. The number of hydrogen-bond donors (Lipinski definition) is 1. The van der Waals surface area contributed by atoms with Crippen LogP contribution in [0.1, 0.15) is 43.0 Å². The molecule has 1 N–H and O–H groups in total. The van der Waals surface area contributed by atoms with Crippen LogP contribution >= 0.6 is 0 Å². The fourth-order valence-electron chi connectivity index (χ4n) is 2.59. The Morgan fingerprint density at radius 1 is 1.19 bits per heavy atom. The molecule has 1 fully saturated rings. The van der Waals surface area contributed by atoms with Gasteiger partial charge in [-0.1, -0.05) is 19.8 Å². The van der Waals surface area contributed by atoms with E-state index in [1.54, 1.807) is 0 Å². The van der Waals surface area contributed by atoms with E-state index in [-0.39, 0.29) is 17.7 Å². The van der Waals surface area contributed by atoms with Gasteiger partial charge in [0.25, 0.3) is 5.91 Å². The molecule has 0 heterocycles. The number of ether oxygens (including phenoxy) is 1. The number of carbonyl (C=O) groups is 1. The molecule has 0 bridgehead atoms. The molecule has 1 saturated carbocycles. The van der Waals surface area contributed by atoms with E-state index < -0.39 is 6.36 Å². The molecular formula is C15H18F3NO2. The quantitative estimate of drug-likeness (QED) is 0.919. The van der Waals surface area contributed by atoms with Crippen molar-refractivity contribution >= 4 is 5.91 Å². The average Bonchev–Trinajstić information content (AvgIpc) is 2.40. The first-order valence-electron chi connectivity index (χ1n) is 7.02. The largest absolute Gasteiger partial charge is 0.573 e. The number of nitrogens with one attached hydrogen (secondary N) is 1. The first-order chi connectivity index (χ1) is 9.85. The lowest BCUT2D eigenvalue weighted by atomic mass is 9.86. The predicted octanol–water partition coefficient (Wildman–Crippen LogP) is 3.89. The maximum Gasteiger partial charge on any atom is 0.573 e. The monoisotopic (exact) mass is 301 g/mol. The van der Waals surface area contributed by atoms with E-state index in [9.17, 15) is 18.0 Å². The number of rotatable bonds is 3. The van der Waals surface area contributed by atoms with Crippen LogP contribution in [0.4, 0.5) is 13.2 Å². The third kappa shape index (κ3) is 4.65. The van der Waals surface area contributed by atoms with Gasteiger partial charge in [0, 0.05) is 11.6 Å². The van der Waals surface area contributed by atoms with Crippen LogP contribution in [0.15, 0.2) is 24.3 Å². The zero-order chi connectivity index (χ0) is 15.5. The Labute approximate surface area is 121 Å². The molecule has 0 saturated heterocycles. The Balaban J connectivity index is 1.96. The summed E-state index contributed by atoms with van der Waals surface area (Å²) < 4.78 is 39.9. The Kier molecular flexibility index (Phi) is 4.75. The molecule has 1 aliphatic rings. The molecule has 0 aromatic heterocycles. The van der Waals surface area contributed by atoms with Crippen molar-refractivity contribution in [2.75, 3.05) is 0 Å². The van der Waals surface area contributed by atoms with Crippen molar-refractivity contribution in [1.29, 1.82) is 0 Å². The van der Waals surface area contributed by atoms with E-state index >= 15 is 0 Å². The van der Waals surface area contributed by atoms with Gasteiger partial charge >= 0.3 is 6.36 Å². The first-order valence-corrected chi connectivity index (χ1v) is 7.02. The first kappa shape index (κ1) is 15.7. The number of halogens is 3. The lowest BCUT2D eigenvalue weighted by Crippen LogP contribution is -2.41. The molecule has 2 atom stereocenters. The fourth-order valence-corrected chi connectivity index (χ4v) is 2.59. The van der Waals surface area contributed by atoms with E-state index in [0.717, 1.165) is 31.4 Å². The lowest BCUT2D eigenvalue weighted by molar-refractivity contribution is -0.274. The van der Waals surface area contributed by atoms with Crippen molar-refractivity contribution in [2.24, 2.45) is 5.92 Å². The van der Waals surface area contributed by atoms with E-state index in [0.29, 0.717) is 11.5 Å². The summed E-state index contributed by atoms with van der Waals surface area (Å²) in [5.41, 5.74) is 0.335. The molecule has 6 heteroatoms. The Hall–Kier alpha value is -1.72. The van der Waals surface area contributed by atoms with Crippen molar-refractivity contribution in [3.05, 3.63) is 29.8 Å². The second-order valence-electron chi connectivity index (χ2n) is 5.41. The van der Waals surface area contributed by atoms with Crippen LogP contribution in [-0.2, 0) is 0 Å². The van der Waals surface area contributed by atoms with Crippen LogP contribution in [0.2, 0.25) is 0 Å². The summed E-state index contributed by atoms with van der Waals surface area (Å²) in [6, 6.07) is 5.10. The summed E-state index contributed by atoms with van der Waals surface area (Å²) >= 11 is 0. The van der Waals surface area contributed by atoms with Gasteiger partial charge in [0.2, 0.25) is 0 Å². The molecule has 1 amide bonds. The SMILES string of the molecule is C[C@H]1CCCC[C@@H]1NC(=O)c1ccc(OC(F)(F)F)cc1. The van der Waals surface area contributed by atoms with Gasteiger partial charge < -0.3 is 10.1 Å². The molecular weight excluding hydrogens is 283 g/mol. The van der Waals surface area contributed by atoms with Crippen molar-refractivity contribution in [3.63, 3.8) is 0 Å². The fraction of sp³-hybridized carbons (Fsp3) is 0.533. The van der Waals surface area contributed by atoms with Crippen molar-refractivity contribution in [2.45, 2.75) is 45.0 Å². The summed E-state index contributed by atoms with van der Waals surface area (Å²) in [4.78, 5) is 12.1. The summed E-state index contributed by atoms with van der Waals surface area (Å²) in [7, 11) is 0. The van der Waals surface area contributed by atoms with Gasteiger partial charge in [-0.05, 0) is 43.0 Å². The number of hydrogen-bond acceptors (Lipinski definition) is 2. The maximum absolute atomic E-state index is 12.1. The van der Waals surface area contributed by atoms with Gasteiger partial charge in [0.1, 0.15) is 5.75 Å². The molecule has 0 spiro atoms. The van der Waals surface area contributed by atoms with Crippen molar-refractivity contribution in [3.8, 4) is 5.75 Å². The molecule has 0 aliphatic heterocycles. The zero-order valence-corrected chi connectivity index (χ0v) is 11.7. The topological polar surface area (TPSA) is 38.3 Å². The van der Waals surface area contributed by atoms with E-state index in [2.05, 4.69) is 17.0 Å². The predicted molar refractivity (Wildman–Crippen MR) is 72.0 cm³/mol. The minimum Gasteiger partial charge on any atom is -0.406 e. The average molecular weight is 301 g/mol. The molecule has 2 rings (SSSR count). The zero-order valence-electron chi connectivity index (χ0n) is 11.7. The number of carbonyl (C=O) groups excluding carboxylic acids is 1. The van der Waals surface area contributed by atoms with Gasteiger partial charge in [0.15, 0.2) is 0 Å². The smallest absolute Gasteiger partial charge is 0.406 e. The standard InChI is InChI=1S/C15H18F3NO2/c1-10-4-2-3-5-13(10)19-14(20)11-6-8-12(9-7-11)21-15(16,17)18/h6-10,13H,2-5H2,1H3,(H,19,20)/t10-,13-/m0/s1. The Morgan fingerprint density at radius 3 is 2.38 bits per heavy atom. The summed E-state index contributed by atoms with van der Waals surface area (Å²) in [5, 5.41) is 2.95. The van der Waals surface area contributed by atoms with Gasteiger partial charge in [0.05, 0.1) is 0 Å². The highest BCUT2D eigenvalue weighted by Crippen LogP contribution is 2.25. The van der Waals surface area contributed by atoms with E-state index in [4.69, 9.17) is 0 Å². The third-order valence-corrected chi connectivity index (χ3v) is 3.78.